The van der Waals surface area contributed by atoms with Crippen LogP contribution in [0.5, 0.6) is 0 Å². The lowest BCUT2D eigenvalue weighted by Gasteiger charge is -2.30. The maximum absolute atomic E-state index is 13.4. The maximum atomic E-state index is 13.4. The van der Waals surface area contributed by atoms with Crippen molar-refractivity contribution < 1.29 is 19.2 Å². The van der Waals surface area contributed by atoms with Crippen molar-refractivity contribution in [1.82, 2.24) is 9.80 Å². The third-order valence-electron chi connectivity index (χ3n) is 8.18. The maximum Gasteiger partial charge on any atom is 0.266 e. The molecule has 4 heterocycles. The average Bonchev–Trinajstić information content (AvgIpc) is 3.45. The number of aryl methyl sites for hydroxylation is 2. The zero-order chi connectivity index (χ0) is 29.4. The van der Waals surface area contributed by atoms with Crippen LogP contribution in [-0.2, 0) is 32.0 Å². The van der Waals surface area contributed by atoms with Crippen molar-refractivity contribution in [2.45, 2.75) is 44.9 Å². The number of likely N-dealkylation sites (tertiary alicyclic amines) is 1. The highest BCUT2D eigenvalue weighted by molar-refractivity contribution is 8.26. The minimum atomic E-state index is -0.370. The molecule has 0 aliphatic carbocycles. The number of carbonyl (C=O) groups is 4. The van der Waals surface area contributed by atoms with Gasteiger partial charge in [-0.05, 0) is 48.9 Å². The minimum absolute atomic E-state index is 0.0569. The van der Waals surface area contributed by atoms with Crippen LogP contribution in [0.25, 0.3) is 0 Å². The molecule has 0 atom stereocenters. The lowest BCUT2D eigenvalue weighted by Crippen LogP contribution is -2.39. The van der Waals surface area contributed by atoms with E-state index in [1.807, 2.05) is 48.5 Å². The van der Waals surface area contributed by atoms with Gasteiger partial charge >= 0.3 is 0 Å². The summed E-state index contributed by atoms with van der Waals surface area (Å²) >= 11 is 12.1. The lowest BCUT2D eigenvalue weighted by molar-refractivity contribution is -0.126. The number of benzene rings is 2. The van der Waals surface area contributed by atoms with Crippen molar-refractivity contribution in [3.05, 3.63) is 70.1 Å². The van der Waals surface area contributed by atoms with E-state index in [0.29, 0.717) is 28.0 Å². The number of thiocarbonyl (C=S) groups is 2. The molecule has 2 aromatic rings. The number of thioether (sulfide) groups is 1. The molecule has 4 amide bonds. The van der Waals surface area contributed by atoms with Crippen LogP contribution in [0.4, 0.5) is 11.4 Å². The van der Waals surface area contributed by atoms with Gasteiger partial charge in [-0.1, -0.05) is 72.6 Å². The number of amides is 4. The van der Waals surface area contributed by atoms with Crippen LogP contribution in [-0.4, -0.2) is 68.9 Å². The summed E-state index contributed by atoms with van der Waals surface area (Å²) in [5.41, 5.74) is 4.46. The fourth-order valence-electron chi connectivity index (χ4n) is 6.05. The second-order valence-corrected chi connectivity index (χ2v) is 12.8. The van der Waals surface area contributed by atoms with E-state index < -0.39 is 0 Å². The number of carbonyl (C=O) groups excluding carboxylic acids is 4. The Morgan fingerprint density at radius 2 is 1.26 bits per heavy atom. The third-order valence-corrected chi connectivity index (χ3v) is 10.0. The summed E-state index contributed by atoms with van der Waals surface area (Å²) in [4.78, 5) is 60.2. The summed E-state index contributed by atoms with van der Waals surface area (Å²) < 4.78 is 0.324. The van der Waals surface area contributed by atoms with Crippen molar-refractivity contribution >= 4 is 80.5 Å². The first-order chi connectivity index (χ1) is 20.3. The monoisotopic (exact) mass is 618 g/mol. The van der Waals surface area contributed by atoms with E-state index in [2.05, 4.69) is 0 Å². The Hall–Kier alpha value is -3.41. The first-order valence-corrected chi connectivity index (χ1v) is 15.8. The largest absolute Gasteiger partial charge is 0.312 e. The molecule has 0 saturated carbocycles. The molecule has 0 bridgehead atoms. The molecule has 11 heteroatoms. The van der Waals surface area contributed by atoms with Crippen LogP contribution in [0.15, 0.2) is 59.0 Å². The van der Waals surface area contributed by atoms with E-state index >= 15 is 0 Å². The third kappa shape index (κ3) is 5.41. The number of anilines is 2. The van der Waals surface area contributed by atoms with Crippen molar-refractivity contribution in [2.75, 3.05) is 36.0 Å². The standard InChI is InChI=1S/C31H30N4O4S3/c36-25(32-15-5-9-20-7-1-3-11-23(20)32)13-17-34-27(40)19-22(29(34)38)28-30(39)35(31(41)42-28)18-14-26(37)33-16-6-10-21-8-2-4-12-24(21)33/h1-4,7-8,11-12H,5-6,9-10,13-19H2/b28-22+. The summed E-state index contributed by atoms with van der Waals surface area (Å²) in [6.07, 6.45) is 4.09. The number of hydrogen-bond donors (Lipinski definition) is 0. The number of hydrogen-bond acceptors (Lipinski definition) is 7. The van der Waals surface area contributed by atoms with E-state index in [4.69, 9.17) is 24.4 Å². The number of para-hydroxylation sites is 2. The highest BCUT2D eigenvalue weighted by Gasteiger charge is 2.41. The molecule has 216 valence electrons. The topological polar surface area (TPSA) is 81.2 Å². The van der Waals surface area contributed by atoms with Gasteiger partial charge in [0.15, 0.2) is 0 Å². The quantitative estimate of drug-likeness (QED) is 0.351. The molecule has 2 fully saturated rings. The molecule has 2 aromatic carbocycles. The first kappa shape index (κ1) is 28.7. The van der Waals surface area contributed by atoms with Gasteiger partial charge in [-0.3, -0.25) is 24.1 Å². The van der Waals surface area contributed by atoms with E-state index in [9.17, 15) is 19.2 Å². The van der Waals surface area contributed by atoms with E-state index in [0.717, 1.165) is 59.9 Å². The smallest absolute Gasteiger partial charge is 0.266 e. The Balaban J connectivity index is 1.09. The van der Waals surface area contributed by atoms with E-state index in [1.165, 1.54) is 9.80 Å². The molecule has 2 saturated heterocycles. The Morgan fingerprint density at radius 1 is 0.738 bits per heavy atom. The Morgan fingerprint density at radius 3 is 1.83 bits per heavy atom. The van der Waals surface area contributed by atoms with Crippen molar-refractivity contribution in [3.63, 3.8) is 0 Å². The SMILES string of the molecule is O=C1/C(=C2/SC(=S)N(CCC(=O)N3CCCc4ccccc43)C2=O)CC(=S)N1CCC(=O)N1CCCc2ccccc21. The molecule has 0 spiro atoms. The predicted molar refractivity (Wildman–Crippen MR) is 171 cm³/mol. The Kier molecular flexibility index (Phi) is 8.24. The second-order valence-electron chi connectivity index (χ2n) is 10.7. The van der Waals surface area contributed by atoms with E-state index in [1.54, 1.807) is 9.80 Å². The number of rotatable bonds is 6. The molecule has 0 radical (unpaired) electrons. The number of fused-ring (bicyclic) bond motifs is 2. The zero-order valence-electron chi connectivity index (χ0n) is 23.0. The number of nitrogens with zero attached hydrogens (tertiary/aromatic N) is 4. The van der Waals surface area contributed by atoms with E-state index in [-0.39, 0.29) is 60.9 Å². The van der Waals surface area contributed by atoms with Crippen LogP contribution in [0.1, 0.15) is 43.2 Å². The molecule has 4 aliphatic heterocycles. The molecule has 42 heavy (non-hydrogen) atoms. The summed E-state index contributed by atoms with van der Waals surface area (Å²) in [7, 11) is 0. The van der Waals surface area contributed by atoms with Crippen LogP contribution >= 0.6 is 36.2 Å². The summed E-state index contributed by atoms with van der Waals surface area (Å²) in [6.45, 7) is 1.60. The second kappa shape index (κ2) is 12.1. The summed E-state index contributed by atoms with van der Waals surface area (Å²) in [6, 6.07) is 15.8. The van der Waals surface area contributed by atoms with Gasteiger partial charge in [0.25, 0.3) is 11.8 Å². The van der Waals surface area contributed by atoms with Gasteiger partial charge in [-0.2, -0.15) is 0 Å². The van der Waals surface area contributed by atoms with Gasteiger partial charge in [0.2, 0.25) is 11.8 Å². The van der Waals surface area contributed by atoms with Gasteiger partial charge in [0.1, 0.15) is 4.32 Å². The van der Waals surface area contributed by atoms with Gasteiger partial charge in [-0.25, -0.2) is 0 Å². The van der Waals surface area contributed by atoms with Crippen molar-refractivity contribution in [1.29, 1.82) is 0 Å². The fraction of sp³-hybridized carbons (Fsp3) is 0.355. The Bertz CT molecular complexity index is 1440. The molecular weight excluding hydrogens is 589 g/mol. The molecular formula is C31H30N4O4S3. The van der Waals surface area contributed by atoms with Gasteiger partial charge in [0, 0.05) is 62.4 Å². The lowest BCUT2D eigenvalue weighted by atomic mass is 10.0. The highest BCUT2D eigenvalue weighted by atomic mass is 32.2. The Labute approximate surface area is 259 Å². The first-order valence-electron chi connectivity index (χ1n) is 14.2. The van der Waals surface area contributed by atoms with Gasteiger partial charge in [0.05, 0.1) is 9.89 Å². The van der Waals surface area contributed by atoms with Gasteiger partial charge < -0.3 is 14.7 Å². The molecule has 4 aliphatic rings. The van der Waals surface area contributed by atoms with Crippen molar-refractivity contribution in [2.24, 2.45) is 0 Å². The fourth-order valence-corrected chi connectivity index (χ4v) is 7.73. The van der Waals surface area contributed by atoms with Gasteiger partial charge in [-0.15, -0.1) is 0 Å². The average molecular weight is 619 g/mol. The van der Waals surface area contributed by atoms with Crippen LogP contribution in [0.3, 0.4) is 0 Å². The minimum Gasteiger partial charge on any atom is -0.312 e. The molecule has 0 N–H and O–H groups in total. The zero-order valence-corrected chi connectivity index (χ0v) is 25.5. The normalized spacial score (nSPS) is 20.4. The van der Waals surface area contributed by atoms with Crippen molar-refractivity contribution in [3.8, 4) is 0 Å². The van der Waals surface area contributed by atoms with Crippen LogP contribution in [0, 0.1) is 0 Å². The predicted octanol–water partition coefficient (Wildman–Crippen LogP) is 4.40. The molecule has 8 nitrogen and oxygen atoms in total. The van der Waals surface area contributed by atoms with Crippen LogP contribution in [0.2, 0.25) is 0 Å². The molecule has 0 aromatic heterocycles. The van der Waals surface area contributed by atoms with Crippen LogP contribution < -0.4 is 9.80 Å². The summed E-state index contributed by atoms with van der Waals surface area (Å²) in [5.74, 6) is -0.841. The summed E-state index contributed by atoms with van der Waals surface area (Å²) in [5, 5.41) is 0. The molecule has 6 rings (SSSR count). The molecule has 0 unspecified atom stereocenters. The highest BCUT2D eigenvalue weighted by Crippen LogP contribution is 2.38.